The molecule has 0 aliphatic rings. The topological polar surface area (TPSA) is 84.9 Å². The lowest BCUT2D eigenvalue weighted by atomic mass is 10.0. The van der Waals surface area contributed by atoms with Gasteiger partial charge >= 0.3 is 12.1 Å². The molecule has 6 nitrogen and oxygen atoms in total. The molecule has 1 atom stereocenters. The fraction of sp³-hybridized carbons (Fsp3) is 0.429. The predicted octanol–water partition coefficient (Wildman–Crippen LogP) is 1.69. The second-order valence-electron chi connectivity index (χ2n) is 4.93. The van der Waals surface area contributed by atoms with Crippen molar-refractivity contribution in [3.05, 3.63) is 29.8 Å². The van der Waals surface area contributed by atoms with Crippen LogP contribution in [-0.4, -0.2) is 42.8 Å². The van der Waals surface area contributed by atoms with Crippen LogP contribution in [0.15, 0.2) is 24.3 Å². The van der Waals surface area contributed by atoms with Crippen LogP contribution >= 0.6 is 0 Å². The molecule has 1 unspecified atom stereocenters. The van der Waals surface area contributed by atoms with E-state index in [0.29, 0.717) is 0 Å². The maximum absolute atomic E-state index is 12.4. The average Bonchev–Trinajstić information content (AvgIpc) is 2.44. The van der Waals surface area contributed by atoms with E-state index < -0.39 is 35.8 Å². The monoisotopic (exact) mass is 335 g/mol. The molecular formula is C14H16F3NO5. The zero-order chi connectivity index (χ0) is 17.7. The van der Waals surface area contributed by atoms with E-state index in [-0.39, 0.29) is 12.4 Å². The first-order chi connectivity index (χ1) is 10.6. The smallest absolute Gasteiger partial charge is 0.416 e. The number of aliphatic carboxylic acids is 1. The van der Waals surface area contributed by atoms with Crippen molar-refractivity contribution in [2.24, 2.45) is 0 Å². The molecule has 1 aromatic carbocycles. The highest BCUT2D eigenvalue weighted by Gasteiger charge is 2.35. The standard InChI is InChI=1S/C14H16F3NO5/c1-13(8-22-2,12(20)21)18-11(19)7-23-10-5-3-9(4-6-10)14(15,16)17/h3-6H,7-8H2,1-2H3,(H,18,19)(H,20,21). The molecule has 2 N–H and O–H groups in total. The van der Waals surface area contributed by atoms with Gasteiger partial charge in [-0.25, -0.2) is 4.79 Å². The molecule has 0 spiro atoms. The number of nitrogens with one attached hydrogen (secondary N) is 1. The Balaban J connectivity index is 2.61. The highest BCUT2D eigenvalue weighted by molar-refractivity contribution is 5.87. The molecule has 0 aliphatic carbocycles. The van der Waals surface area contributed by atoms with Crippen LogP contribution in [0.25, 0.3) is 0 Å². The minimum Gasteiger partial charge on any atom is -0.484 e. The lowest BCUT2D eigenvalue weighted by molar-refractivity contribution is -0.149. The zero-order valence-electron chi connectivity index (χ0n) is 12.4. The Labute approximate surface area is 130 Å². The molecule has 0 fully saturated rings. The highest BCUT2D eigenvalue weighted by Crippen LogP contribution is 2.30. The summed E-state index contributed by atoms with van der Waals surface area (Å²) < 4.78 is 46.9. The number of rotatable bonds is 7. The number of carboxylic acids is 1. The van der Waals surface area contributed by atoms with Gasteiger partial charge in [-0.2, -0.15) is 13.2 Å². The van der Waals surface area contributed by atoms with Crippen molar-refractivity contribution in [3.8, 4) is 5.75 Å². The number of carbonyl (C=O) groups excluding carboxylic acids is 1. The Hall–Kier alpha value is -2.29. The third-order valence-corrected chi connectivity index (χ3v) is 2.87. The van der Waals surface area contributed by atoms with E-state index in [9.17, 15) is 22.8 Å². The molecule has 0 aromatic heterocycles. The lowest BCUT2D eigenvalue weighted by Gasteiger charge is -2.25. The molecule has 1 rings (SSSR count). The van der Waals surface area contributed by atoms with Crippen LogP contribution < -0.4 is 10.1 Å². The van der Waals surface area contributed by atoms with Crippen LogP contribution in [0.3, 0.4) is 0 Å². The van der Waals surface area contributed by atoms with Crippen LogP contribution in [0.2, 0.25) is 0 Å². The van der Waals surface area contributed by atoms with Gasteiger partial charge in [0, 0.05) is 7.11 Å². The van der Waals surface area contributed by atoms with E-state index >= 15 is 0 Å². The number of carboxylic acid groups (broad SMARTS) is 1. The third-order valence-electron chi connectivity index (χ3n) is 2.87. The Morgan fingerprint density at radius 1 is 1.22 bits per heavy atom. The zero-order valence-corrected chi connectivity index (χ0v) is 12.4. The molecular weight excluding hydrogens is 319 g/mol. The summed E-state index contributed by atoms with van der Waals surface area (Å²) in [6, 6.07) is 3.78. The summed E-state index contributed by atoms with van der Waals surface area (Å²) in [5.41, 5.74) is -2.47. The van der Waals surface area contributed by atoms with E-state index in [2.05, 4.69) is 5.32 Å². The van der Waals surface area contributed by atoms with Crippen molar-refractivity contribution in [2.45, 2.75) is 18.6 Å². The van der Waals surface area contributed by atoms with Crippen molar-refractivity contribution in [1.82, 2.24) is 5.32 Å². The number of hydrogen-bond donors (Lipinski definition) is 2. The van der Waals surface area contributed by atoms with Crippen molar-refractivity contribution < 1.29 is 37.3 Å². The van der Waals surface area contributed by atoms with Crippen molar-refractivity contribution in [3.63, 3.8) is 0 Å². The van der Waals surface area contributed by atoms with E-state index in [1.165, 1.54) is 14.0 Å². The Kier molecular flexibility index (Phi) is 5.97. The van der Waals surface area contributed by atoms with Gasteiger partial charge in [-0.3, -0.25) is 4.79 Å². The number of halogens is 3. The van der Waals surface area contributed by atoms with Gasteiger partial charge < -0.3 is 19.9 Å². The van der Waals surface area contributed by atoms with E-state index in [4.69, 9.17) is 14.6 Å². The fourth-order valence-electron chi connectivity index (χ4n) is 1.67. The molecule has 1 aromatic rings. The first kappa shape index (κ1) is 18.8. The van der Waals surface area contributed by atoms with Crippen LogP contribution in [0.4, 0.5) is 13.2 Å². The number of hydrogen-bond acceptors (Lipinski definition) is 4. The van der Waals surface area contributed by atoms with E-state index in [1.54, 1.807) is 0 Å². The average molecular weight is 335 g/mol. The van der Waals surface area contributed by atoms with Crippen molar-refractivity contribution >= 4 is 11.9 Å². The van der Waals surface area contributed by atoms with Gasteiger partial charge in [-0.1, -0.05) is 0 Å². The number of amides is 1. The third kappa shape index (κ3) is 5.44. The summed E-state index contributed by atoms with van der Waals surface area (Å²) in [5, 5.41) is 11.3. The summed E-state index contributed by atoms with van der Waals surface area (Å²) in [6.45, 7) is 0.459. The number of carbonyl (C=O) groups is 2. The number of ether oxygens (including phenoxy) is 2. The minimum absolute atomic E-state index is 0.0527. The lowest BCUT2D eigenvalue weighted by Crippen LogP contribution is -2.56. The Morgan fingerprint density at radius 2 is 1.78 bits per heavy atom. The molecule has 9 heteroatoms. The normalized spacial score (nSPS) is 14.0. The maximum Gasteiger partial charge on any atom is 0.416 e. The quantitative estimate of drug-likeness (QED) is 0.792. The molecule has 0 bridgehead atoms. The van der Waals surface area contributed by atoms with E-state index in [1.807, 2.05) is 0 Å². The molecule has 0 aliphatic heterocycles. The SMILES string of the molecule is COCC(C)(NC(=O)COc1ccc(C(F)(F)F)cc1)C(=O)O. The Bertz CT molecular complexity index is 559. The van der Waals surface area contributed by atoms with E-state index in [0.717, 1.165) is 24.3 Å². The molecule has 0 heterocycles. The molecule has 0 radical (unpaired) electrons. The van der Waals surface area contributed by atoms with Gasteiger partial charge in [0.2, 0.25) is 0 Å². The molecule has 1 amide bonds. The summed E-state index contributed by atoms with van der Waals surface area (Å²) in [6.07, 6.45) is -4.46. The van der Waals surface area contributed by atoms with Gasteiger partial charge in [0.05, 0.1) is 12.2 Å². The fourth-order valence-corrected chi connectivity index (χ4v) is 1.67. The van der Waals surface area contributed by atoms with Crippen LogP contribution in [0.5, 0.6) is 5.75 Å². The molecule has 0 saturated heterocycles. The first-order valence-corrected chi connectivity index (χ1v) is 6.42. The summed E-state index contributed by atoms with van der Waals surface area (Å²) in [4.78, 5) is 22.8. The highest BCUT2D eigenvalue weighted by atomic mass is 19.4. The second-order valence-corrected chi connectivity index (χ2v) is 4.93. The van der Waals surface area contributed by atoms with Gasteiger partial charge in [0.25, 0.3) is 5.91 Å². The largest absolute Gasteiger partial charge is 0.484 e. The first-order valence-electron chi connectivity index (χ1n) is 6.42. The number of methoxy groups -OCH3 is 1. The number of benzene rings is 1. The molecule has 23 heavy (non-hydrogen) atoms. The van der Waals surface area contributed by atoms with Gasteiger partial charge in [-0.05, 0) is 31.2 Å². The predicted molar refractivity (Wildman–Crippen MR) is 73.0 cm³/mol. The molecule has 0 saturated carbocycles. The van der Waals surface area contributed by atoms with Gasteiger partial charge in [0.1, 0.15) is 5.75 Å². The van der Waals surface area contributed by atoms with Crippen LogP contribution in [0, 0.1) is 0 Å². The molecule has 128 valence electrons. The van der Waals surface area contributed by atoms with Gasteiger partial charge in [0.15, 0.2) is 12.1 Å². The van der Waals surface area contributed by atoms with Crippen molar-refractivity contribution in [1.29, 1.82) is 0 Å². The van der Waals surface area contributed by atoms with Crippen molar-refractivity contribution in [2.75, 3.05) is 20.3 Å². The summed E-state index contributed by atoms with van der Waals surface area (Å²) in [5.74, 6) is -1.98. The van der Waals surface area contributed by atoms with Gasteiger partial charge in [-0.15, -0.1) is 0 Å². The summed E-state index contributed by atoms with van der Waals surface area (Å²) in [7, 11) is 1.28. The van der Waals surface area contributed by atoms with Crippen LogP contribution in [-0.2, 0) is 20.5 Å². The minimum atomic E-state index is -4.46. The second kappa shape index (κ2) is 7.32. The summed E-state index contributed by atoms with van der Waals surface area (Å²) >= 11 is 0. The maximum atomic E-state index is 12.4. The Morgan fingerprint density at radius 3 is 2.22 bits per heavy atom. The van der Waals surface area contributed by atoms with Crippen LogP contribution in [0.1, 0.15) is 12.5 Å². The number of alkyl halides is 3.